The van der Waals surface area contributed by atoms with E-state index in [4.69, 9.17) is 5.11 Å². The molecule has 5 nitrogen and oxygen atoms in total. The summed E-state index contributed by atoms with van der Waals surface area (Å²) in [7, 11) is 1.81. The summed E-state index contributed by atoms with van der Waals surface area (Å²) in [4.78, 5) is 13.0. The summed E-state index contributed by atoms with van der Waals surface area (Å²) in [5.41, 5.74) is 1.34. The van der Waals surface area contributed by atoms with Crippen molar-refractivity contribution in [2.24, 2.45) is 7.05 Å². The lowest BCUT2D eigenvalue weighted by Crippen LogP contribution is -2.30. The molecule has 0 aromatic carbocycles. The molecule has 0 aliphatic rings. The molecule has 0 bridgehead atoms. The topological polar surface area (TPSA) is 58.4 Å². The van der Waals surface area contributed by atoms with Gasteiger partial charge in [-0.3, -0.25) is 9.48 Å². The average Bonchev–Trinajstić information content (AvgIpc) is 2.52. The van der Waals surface area contributed by atoms with Gasteiger partial charge in [-0.25, -0.2) is 0 Å². The van der Waals surface area contributed by atoms with Gasteiger partial charge in [0, 0.05) is 20.1 Å². The van der Waals surface area contributed by atoms with Crippen molar-refractivity contribution >= 4 is 12.1 Å². The molecule has 0 saturated carbocycles. The van der Waals surface area contributed by atoms with Crippen LogP contribution in [0.1, 0.15) is 29.4 Å². The van der Waals surface area contributed by atoms with Crippen molar-refractivity contribution in [3.8, 4) is 0 Å². The van der Waals surface area contributed by atoms with Gasteiger partial charge in [-0.15, -0.1) is 0 Å². The fourth-order valence-electron chi connectivity index (χ4n) is 1.89. The first-order valence-corrected chi connectivity index (χ1v) is 5.50. The van der Waals surface area contributed by atoms with Gasteiger partial charge in [-0.05, 0) is 13.3 Å². The first-order chi connectivity index (χ1) is 7.65. The molecule has 1 heterocycles. The fraction of sp³-hybridized carbons (Fsp3) is 0.636. The van der Waals surface area contributed by atoms with E-state index in [9.17, 15) is 4.79 Å². The summed E-state index contributed by atoms with van der Waals surface area (Å²) in [6, 6.07) is 0. The number of aromatic nitrogens is 2. The van der Waals surface area contributed by atoms with Crippen LogP contribution in [0.15, 0.2) is 0 Å². The smallest absolute Gasteiger partial charge is 0.155 e. The molecule has 0 atom stereocenters. The normalized spacial score (nSPS) is 10.5. The predicted molar refractivity (Wildman–Crippen MR) is 62.9 cm³/mol. The van der Waals surface area contributed by atoms with Crippen molar-refractivity contribution in [2.45, 2.75) is 20.3 Å². The highest BCUT2D eigenvalue weighted by atomic mass is 16.3. The maximum atomic E-state index is 11.0. The van der Waals surface area contributed by atoms with Gasteiger partial charge in [0.1, 0.15) is 5.82 Å². The summed E-state index contributed by atoms with van der Waals surface area (Å²) in [5.74, 6) is 0.795. The number of carbonyl (C=O) groups is 1. The van der Waals surface area contributed by atoms with Crippen molar-refractivity contribution < 1.29 is 9.90 Å². The standard InChI is InChI=1S/C11H19N3O2/c1-4-5-14(6-7-15)11-10(8-16)9(2)12-13(11)3/h8,15H,4-7H2,1-3H3. The Labute approximate surface area is 95.7 Å². The minimum atomic E-state index is 0.0719. The van der Waals surface area contributed by atoms with E-state index in [2.05, 4.69) is 12.0 Å². The summed E-state index contributed by atoms with van der Waals surface area (Å²) in [5, 5.41) is 13.3. The number of rotatable bonds is 6. The number of aliphatic hydroxyl groups is 1. The quantitative estimate of drug-likeness (QED) is 0.726. The average molecular weight is 225 g/mol. The number of aliphatic hydroxyl groups excluding tert-OH is 1. The zero-order chi connectivity index (χ0) is 12.1. The SMILES string of the molecule is CCCN(CCO)c1c(C=O)c(C)nn1C. The second kappa shape index (κ2) is 5.65. The van der Waals surface area contributed by atoms with Crippen LogP contribution in [0.25, 0.3) is 0 Å². The van der Waals surface area contributed by atoms with Crippen LogP contribution in [0.4, 0.5) is 5.82 Å². The third-order valence-corrected chi connectivity index (χ3v) is 2.52. The van der Waals surface area contributed by atoms with Gasteiger partial charge in [0.2, 0.25) is 0 Å². The predicted octanol–water partition coefficient (Wildman–Crippen LogP) is 0.750. The third kappa shape index (κ3) is 2.41. The minimum Gasteiger partial charge on any atom is -0.395 e. The molecule has 0 radical (unpaired) electrons. The van der Waals surface area contributed by atoms with Crippen LogP contribution in [0.5, 0.6) is 0 Å². The Bertz CT molecular complexity index is 354. The number of aryl methyl sites for hydroxylation is 2. The molecule has 1 aromatic rings. The number of aldehydes is 1. The van der Waals surface area contributed by atoms with Crippen LogP contribution >= 0.6 is 0 Å². The molecule has 0 aliphatic heterocycles. The first-order valence-electron chi connectivity index (χ1n) is 5.50. The van der Waals surface area contributed by atoms with E-state index in [1.807, 2.05) is 18.9 Å². The van der Waals surface area contributed by atoms with E-state index >= 15 is 0 Å². The summed E-state index contributed by atoms with van der Waals surface area (Å²) >= 11 is 0. The second-order valence-electron chi connectivity index (χ2n) is 3.77. The van der Waals surface area contributed by atoms with Crippen LogP contribution in [0, 0.1) is 6.92 Å². The van der Waals surface area contributed by atoms with E-state index in [1.165, 1.54) is 0 Å². The Kier molecular flexibility index (Phi) is 4.49. The second-order valence-corrected chi connectivity index (χ2v) is 3.77. The van der Waals surface area contributed by atoms with Gasteiger partial charge in [0.25, 0.3) is 0 Å². The zero-order valence-corrected chi connectivity index (χ0v) is 10.1. The van der Waals surface area contributed by atoms with E-state index in [0.717, 1.165) is 30.8 Å². The molecule has 1 rings (SSSR count). The monoisotopic (exact) mass is 225 g/mol. The Morgan fingerprint density at radius 3 is 2.69 bits per heavy atom. The van der Waals surface area contributed by atoms with Crippen molar-refractivity contribution in [2.75, 3.05) is 24.6 Å². The molecule has 0 unspecified atom stereocenters. The molecule has 5 heteroatoms. The van der Waals surface area contributed by atoms with Crippen molar-refractivity contribution in [1.29, 1.82) is 0 Å². The highest BCUT2D eigenvalue weighted by molar-refractivity contribution is 5.84. The van der Waals surface area contributed by atoms with Gasteiger partial charge < -0.3 is 10.0 Å². The molecule has 0 spiro atoms. The molecular formula is C11H19N3O2. The van der Waals surface area contributed by atoms with E-state index in [0.29, 0.717) is 12.1 Å². The van der Waals surface area contributed by atoms with Gasteiger partial charge in [-0.1, -0.05) is 6.92 Å². The van der Waals surface area contributed by atoms with Crippen molar-refractivity contribution in [1.82, 2.24) is 9.78 Å². The highest BCUT2D eigenvalue weighted by Crippen LogP contribution is 2.21. The third-order valence-electron chi connectivity index (χ3n) is 2.52. The van der Waals surface area contributed by atoms with Gasteiger partial charge >= 0.3 is 0 Å². The fourth-order valence-corrected chi connectivity index (χ4v) is 1.89. The van der Waals surface area contributed by atoms with Crippen LogP contribution in [-0.2, 0) is 7.05 Å². The highest BCUT2D eigenvalue weighted by Gasteiger charge is 2.17. The maximum absolute atomic E-state index is 11.0. The summed E-state index contributed by atoms with van der Waals surface area (Å²) < 4.78 is 1.70. The van der Waals surface area contributed by atoms with Crippen molar-refractivity contribution in [3.05, 3.63) is 11.3 Å². The van der Waals surface area contributed by atoms with Gasteiger partial charge in [0.15, 0.2) is 6.29 Å². The maximum Gasteiger partial charge on any atom is 0.155 e. The van der Waals surface area contributed by atoms with Crippen molar-refractivity contribution in [3.63, 3.8) is 0 Å². The Morgan fingerprint density at radius 1 is 1.50 bits per heavy atom. The number of nitrogens with zero attached hydrogens (tertiary/aromatic N) is 3. The molecule has 1 N–H and O–H groups in total. The number of anilines is 1. The molecule has 0 amide bonds. The van der Waals surface area contributed by atoms with E-state index in [-0.39, 0.29) is 6.61 Å². The molecule has 1 aromatic heterocycles. The largest absolute Gasteiger partial charge is 0.395 e. The van der Waals surface area contributed by atoms with Crippen LogP contribution in [0.2, 0.25) is 0 Å². The Balaban J connectivity index is 3.10. The van der Waals surface area contributed by atoms with Crippen LogP contribution in [-0.4, -0.2) is 40.9 Å². The number of carbonyl (C=O) groups excluding carboxylic acids is 1. The summed E-state index contributed by atoms with van der Waals surface area (Å²) in [6.45, 7) is 5.28. The summed E-state index contributed by atoms with van der Waals surface area (Å²) in [6.07, 6.45) is 1.79. The molecular weight excluding hydrogens is 206 g/mol. The zero-order valence-electron chi connectivity index (χ0n) is 10.1. The van der Waals surface area contributed by atoms with Gasteiger partial charge in [0.05, 0.1) is 17.9 Å². The lowest BCUT2D eigenvalue weighted by atomic mass is 10.2. The Morgan fingerprint density at radius 2 is 2.19 bits per heavy atom. The minimum absolute atomic E-state index is 0.0719. The first kappa shape index (κ1) is 12.7. The lowest BCUT2D eigenvalue weighted by molar-refractivity contribution is 0.112. The number of hydrogen-bond acceptors (Lipinski definition) is 4. The van der Waals surface area contributed by atoms with E-state index < -0.39 is 0 Å². The molecule has 0 fully saturated rings. The van der Waals surface area contributed by atoms with E-state index in [1.54, 1.807) is 4.68 Å². The number of hydrogen-bond donors (Lipinski definition) is 1. The lowest BCUT2D eigenvalue weighted by Gasteiger charge is -2.23. The van der Waals surface area contributed by atoms with Crippen LogP contribution in [0.3, 0.4) is 0 Å². The van der Waals surface area contributed by atoms with Crippen LogP contribution < -0.4 is 4.90 Å². The molecule has 0 aliphatic carbocycles. The molecule has 16 heavy (non-hydrogen) atoms. The Hall–Kier alpha value is -1.36. The molecule has 0 saturated heterocycles. The van der Waals surface area contributed by atoms with Gasteiger partial charge in [-0.2, -0.15) is 5.10 Å². The molecule has 90 valence electrons.